The van der Waals surface area contributed by atoms with Crippen LogP contribution in [0, 0.1) is 5.82 Å². The number of nitrogens with zero attached hydrogens (tertiary/aromatic N) is 1. The van der Waals surface area contributed by atoms with Crippen LogP contribution >= 0.6 is 22.9 Å². The van der Waals surface area contributed by atoms with E-state index in [1.807, 2.05) is 11.4 Å². The third-order valence-corrected chi connectivity index (χ3v) is 3.99. The van der Waals surface area contributed by atoms with Crippen molar-refractivity contribution >= 4 is 22.9 Å². The second-order valence-corrected chi connectivity index (χ2v) is 5.31. The number of pyridine rings is 1. The number of thiophene rings is 1. The molecule has 96 valence electrons. The fourth-order valence-electron chi connectivity index (χ4n) is 1.75. The van der Waals surface area contributed by atoms with Crippen molar-refractivity contribution in [2.75, 3.05) is 6.54 Å². The van der Waals surface area contributed by atoms with E-state index in [0.717, 1.165) is 23.4 Å². The van der Waals surface area contributed by atoms with Gasteiger partial charge in [0.2, 0.25) is 0 Å². The van der Waals surface area contributed by atoms with Crippen LogP contribution in [0.15, 0.2) is 29.9 Å². The lowest BCUT2D eigenvalue weighted by molar-refractivity contribution is 0.585. The molecular formula is C13H14ClFN2S. The summed E-state index contributed by atoms with van der Waals surface area (Å²) in [6, 6.07) is 3.26. The van der Waals surface area contributed by atoms with Crippen LogP contribution in [0.25, 0.3) is 0 Å². The topological polar surface area (TPSA) is 24.9 Å². The van der Waals surface area contributed by atoms with Crippen LogP contribution in [-0.2, 0) is 0 Å². The smallest absolute Gasteiger partial charge is 0.141 e. The fourth-order valence-corrected chi connectivity index (χ4v) is 3.02. The van der Waals surface area contributed by atoms with Crippen molar-refractivity contribution in [2.45, 2.75) is 19.4 Å². The summed E-state index contributed by atoms with van der Waals surface area (Å²) >= 11 is 7.72. The Morgan fingerprint density at radius 2 is 2.33 bits per heavy atom. The van der Waals surface area contributed by atoms with Crippen molar-refractivity contribution in [1.82, 2.24) is 10.3 Å². The van der Waals surface area contributed by atoms with E-state index in [0.29, 0.717) is 5.02 Å². The number of aromatic nitrogens is 1. The average Bonchev–Trinajstić information content (AvgIpc) is 2.77. The third-order valence-electron chi connectivity index (χ3n) is 2.56. The minimum absolute atomic E-state index is 0.0966. The predicted octanol–water partition coefficient (Wildman–Crippen LogP) is 4.02. The van der Waals surface area contributed by atoms with Gasteiger partial charge in [0, 0.05) is 11.1 Å². The lowest BCUT2D eigenvalue weighted by atomic mass is 10.1. The first-order chi connectivity index (χ1) is 8.72. The Labute approximate surface area is 115 Å². The van der Waals surface area contributed by atoms with Gasteiger partial charge in [0.1, 0.15) is 5.82 Å². The second-order valence-electron chi connectivity index (χ2n) is 3.96. The summed E-state index contributed by atoms with van der Waals surface area (Å²) in [6.07, 6.45) is 3.88. The molecule has 2 aromatic heterocycles. The van der Waals surface area contributed by atoms with E-state index >= 15 is 0 Å². The number of nitrogens with one attached hydrogen (secondary N) is 1. The van der Waals surface area contributed by atoms with Crippen LogP contribution in [0.2, 0.25) is 5.02 Å². The molecule has 0 spiro atoms. The maximum Gasteiger partial charge on any atom is 0.141 e. The Hall–Kier alpha value is -0.970. The van der Waals surface area contributed by atoms with Gasteiger partial charge in [-0.15, -0.1) is 11.3 Å². The van der Waals surface area contributed by atoms with Crippen molar-refractivity contribution < 1.29 is 4.39 Å². The van der Waals surface area contributed by atoms with Gasteiger partial charge in [-0.3, -0.25) is 4.98 Å². The highest BCUT2D eigenvalue weighted by Crippen LogP contribution is 2.32. The van der Waals surface area contributed by atoms with Gasteiger partial charge in [-0.1, -0.05) is 18.5 Å². The van der Waals surface area contributed by atoms with Crippen molar-refractivity contribution in [2.24, 2.45) is 0 Å². The molecule has 0 aromatic carbocycles. The summed E-state index contributed by atoms with van der Waals surface area (Å²) in [5.74, 6) is -0.330. The van der Waals surface area contributed by atoms with Crippen LogP contribution in [0.4, 0.5) is 4.39 Å². The van der Waals surface area contributed by atoms with E-state index in [1.54, 1.807) is 17.5 Å². The van der Waals surface area contributed by atoms with Crippen molar-refractivity contribution in [3.63, 3.8) is 0 Å². The molecule has 1 atom stereocenters. The largest absolute Gasteiger partial charge is 0.306 e. The normalized spacial score (nSPS) is 12.6. The summed E-state index contributed by atoms with van der Waals surface area (Å²) < 4.78 is 13.3. The fraction of sp³-hybridized carbons (Fsp3) is 0.308. The van der Waals surface area contributed by atoms with E-state index in [4.69, 9.17) is 11.6 Å². The van der Waals surface area contributed by atoms with Crippen molar-refractivity contribution in [3.8, 4) is 0 Å². The van der Waals surface area contributed by atoms with Gasteiger partial charge in [0.15, 0.2) is 0 Å². The summed E-state index contributed by atoms with van der Waals surface area (Å²) in [6.45, 7) is 2.93. The zero-order valence-electron chi connectivity index (χ0n) is 9.99. The van der Waals surface area contributed by atoms with E-state index in [2.05, 4.69) is 17.2 Å². The van der Waals surface area contributed by atoms with Gasteiger partial charge >= 0.3 is 0 Å². The number of hydrogen-bond donors (Lipinski definition) is 1. The standard InChI is InChI=1S/C13H14ClFN2S/c1-2-4-17-12(13-11(14)3-5-18-13)9-6-10(15)8-16-7-9/h3,5-8,12,17H,2,4H2,1H3. The Balaban J connectivity index is 2.33. The molecule has 2 rings (SSSR count). The first kappa shape index (κ1) is 13.5. The molecule has 2 heterocycles. The molecule has 18 heavy (non-hydrogen) atoms. The quantitative estimate of drug-likeness (QED) is 0.897. The van der Waals surface area contributed by atoms with E-state index in [9.17, 15) is 4.39 Å². The first-order valence-electron chi connectivity index (χ1n) is 5.79. The molecule has 0 aliphatic carbocycles. The lowest BCUT2D eigenvalue weighted by Crippen LogP contribution is -2.22. The van der Waals surface area contributed by atoms with E-state index < -0.39 is 0 Å². The van der Waals surface area contributed by atoms with Gasteiger partial charge in [-0.05, 0) is 36.0 Å². The Kier molecular flexibility index (Phi) is 4.69. The minimum Gasteiger partial charge on any atom is -0.306 e. The molecule has 0 saturated carbocycles. The van der Waals surface area contributed by atoms with E-state index in [-0.39, 0.29) is 11.9 Å². The number of hydrogen-bond acceptors (Lipinski definition) is 3. The van der Waals surface area contributed by atoms with Gasteiger partial charge in [-0.25, -0.2) is 4.39 Å². The molecule has 0 saturated heterocycles. The van der Waals surface area contributed by atoms with Crippen molar-refractivity contribution in [1.29, 1.82) is 0 Å². The highest BCUT2D eigenvalue weighted by atomic mass is 35.5. The molecule has 0 amide bonds. The maximum atomic E-state index is 13.3. The number of rotatable bonds is 5. The summed E-state index contributed by atoms with van der Waals surface area (Å²) in [5.41, 5.74) is 0.799. The Morgan fingerprint density at radius 3 is 2.94 bits per heavy atom. The zero-order chi connectivity index (χ0) is 13.0. The van der Waals surface area contributed by atoms with Crippen LogP contribution < -0.4 is 5.32 Å². The van der Waals surface area contributed by atoms with Crippen LogP contribution in [0.5, 0.6) is 0 Å². The predicted molar refractivity (Wildman–Crippen MR) is 73.7 cm³/mol. The molecule has 2 aromatic rings. The molecule has 5 heteroatoms. The molecule has 1 unspecified atom stereocenters. The SMILES string of the molecule is CCCNC(c1cncc(F)c1)c1sccc1Cl. The highest BCUT2D eigenvalue weighted by molar-refractivity contribution is 7.10. The molecule has 0 aliphatic rings. The summed E-state index contributed by atoms with van der Waals surface area (Å²) in [5, 5.41) is 6.02. The first-order valence-corrected chi connectivity index (χ1v) is 7.05. The van der Waals surface area contributed by atoms with Crippen LogP contribution in [0.3, 0.4) is 0 Å². The average molecular weight is 285 g/mol. The number of halogens is 2. The second kappa shape index (κ2) is 6.27. The Morgan fingerprint density at radius 1 is 1.50 bits per heavy atom. The van der Waals surface area contributed by atoms with Crippen LogP contribution in [0.1, 0.15) is 29.8 Å². The summed E-state index contributed by atoms with van der Waals surface area (Å²) in [4.78, 5) is 4.90. The molecule has 2 nitrogen and oxygen atoms in total. The summed E-state index contributed by atoms with van der Waals surface area (Å²) in [7, 11) is 0. The van der Waals surface area contributed by atoms with E-state index in [1.165, 1.54) is 12.3 Å². The van der Waals surface area contributed by atoms with Gasteiger partial charge < -0.3 is 5.32 Å². The molecular weight excluding hydrogens is 271 g/mol. The zero-order valence-corrected chi connectivity index (χ0v) is 11.6. The molecule has 1 N–H and O–H groups in total. The van der Waals surface area contributed by atoms with Gasteiger partial charge in [0.25, 0.3) is 0 Å². The minimum atomic E-state index is -0.330. The van der Waals surface area contributed by atoms with Crippen molar-refractivity contribution in [3.05, 3.63) is 51.2 Å². The molecule has 0 aliphatic heterocycles. The lowest BCUT2D eigenvalue weighted by Gasteiger charge is -2.18. The van der Waals surface area contributed by atoms with Gasteiger partial charge in [0.05, 0.1) is 17.3 Å². The monoisotopic (exact) mass is 284 g/mol. The van der Waals surface area contributed by atoms with Gasteiger partial charge in [-0.2, -0.15) is 0 Å². The Bertz CT molecular complexity index is 515. The molecule has 0 bridgehead atoms. The maximum absolute atomic E-state index is 13.3. The third kappa shape index (κ3) is 3.07. The molecule has 0 radical (unpaired) electrons. The molecule has 0 fully saturated rings. The highest BCUT2D eigenvalue weighted by Gasteiger charge is 2.18. The van der Waals surface area contributed by atoms with Crippen LogP contribution in [-0.4, -0.2) is 11.5 Å².